The van der Waals surface area contributed by atoms with Gasteiger partial charge in [-0.05, 0) is 111 Å². The molecule has 0 bridgehead atoms. The van der Waals surface area contributed by atoms with Gasteiger partial charge in [0.25, 0.3) is 0 Å². The van der Waals surface area contributed by atoms with E-state index in [-0.39, 0.29) is 52.6 Å². The summed E-state index contributed by atoms with van der Waals surface area (Å²) in [4.78, 5) is 13.1. The molecule has 22 atom stereocenters. The molecule has 16 nitrogen and oxygen atoms in total. The minimum Gasteiger partial charge on any atom is -0.481 e. The Kier molecular flexibility index (Phi) is 12.5. The number of ether oxygens (including phenoxy) is 6. The topological polar surface area (TPSA) is 255 Å². The van der Waals surface area contributed by atoms with Gasteiger partial charge in [-0.25, -0.2) is 0 Å². The summed E-state index contributed by atoms with van der Waals surface area (Å²) in [5, 5.41) is 97.1. The molecule has 4 saturated carbocycles. The summed E-state index contributed by atoms with van der Waals surface area (Å²) in [7, 11) is 0. The van der Waals surface area contributed by atoms with Crippen LogP contribution in [0.2, 0.25) is 0 Å². The van der Waals surface area contributed by atoms with Crippen LogP contribution in [0.25, 0.3) is 0 Å². The maximum atomic E-state index is 13.1. The highest BCUT2D eigenvalue weighted by molar-refractivity contribution is 5.76. The van der Waals surface area contributed by atoms with E-state index in [9.17, 15) is 50.8 Å². The van der Waals surface area contributed by atoms with Gasteiger partial charge in [-0.1, -0.05) is 53.2 Å². The van der Waals surface area contributed by atoms with Gasteiger partial charge in [-0.15, -0.1) is 0 Å². The van der Waals surface area contributed by atoms with Crippen LogP contribution in [0.15, 0.2) is 11.6 Å². The van der Waals surface area contributed by atoms with E-state index in [1.165, 1.54) is 12.5 Å². The SMILES string of the molecule is C[C@@H]1O[C@@H](O[C@H]2[C@H](O[C@H]3CC[C@@]4(C)[C@@H](CC[C@]5(C)[C@H]4CC=C4[C@@H]6CC(C)(C)CC[C@]6(C(=O)O)CC[C@]45C)[C@]3(C)CO)OC[C@H](O)[C@@H]2O)[C@H](O)[C@H](O[C@@H]2O[C@H](CO)[C@H](O)[C@H]2O)[C@H]1O. The first-order valence-electron chi connectivity index (χ1n) is 23.1. The highest BCUT2D eigenvalue weighted by Gasteiger charge is 2.70. The summed E-state index contributed by atoms with van der Waals surface area (Å²) in [6.07, 6.45) is -8.73. The molecule has 0 aromatic carbocycles. The Morgan fingerprint density at radius 1 is 0.742 bits per heavy atom. The number of carboxylic acid groups (broad SMARTS) is 1. The third kappa shape index (κ3) is 7.10. The number of aliphatic hydroxyl groups excluding tert-OH is 8. The Morgan fingerprint density at radius 3 is 2.08 bits per heavy atom. The quantitative estimate of drug-likeness (QED) is 0.119. The Morgan fingerprint density at radius 2 is 1.42 bits per heavy atom. The fourth-order valence-corrected chi connectivity index (χ4v) is 14.6. The van der Waals surface area contributed by atoms with E-state index >= 15 is 0 Å². The van der Waals surface area contributed by atoms with Crippen LogP contribution >= 0.6 is 0 Å². The van der Waals surface area contributed by atoms with Crippen LogP contribution in [0.4, 0.5) is 0 Å². The van der Waals surface area contributed by atoms with Crippen molar-refractivity contribution < 1.29 is 79.2 Å². The molecule has 8 rings (SSSR count). The second-order valence-corrected chi connectivity index (χ2v) is 22.4. The molecule has 0 aromatic heterocycles. The summed E-state index contributed by atoms with van der Waals surface area (Å²) in [5.74, 6) is -0.342. The first kappa shape index (κ1) is 47.2. The molecule has 0 aromatic rings. The lowest BCUT2D eigenvalue weighted by Gasteiger charge is -2.71. The zero-order valence-corrected chi connectivity index (χ0v) is 37.5. The minimum atomic E-state index is -1.73. The zero-order chi connectivity index (χ0) is 45.1. The fourth-order valence-electron chi connectivity index (χ4n) is 14.6. The van der Waals surface area contributed by atoms with Crippen molar-refractivity contribution in [1.82, 2.24) is 0 Å². The van der Waals surface area contributed by atoms with Crippen molar-refractivity contribution in [2.45, 2.75) is 199 Å². The van der Waals surface area contributed by atoms with E-state index in [4.69, 9.17) is 28.4 Å². The first-order valence-corrected chi connectivity index (χ1v) is 23.1. The molecule has 0 radical (unpaired) electrons. The molecule has 3 heterocycles. The summed E-state index contributed by atoms with van der Waals surface area (Å²) in [5.41, 5.74) is -0.519. The van der Waals surface area contributed by atoms with Crippen LogP contribution in [-0.2, 0) is 33.2 Å². The number of aliphatic carboxylic acids is 1. The lowest BCUT2D eigenvalue weighted by atomic mass is 9.33. The first-order chi connectivity index (χ1) is 29.0. The molecule has 8 aliphatic rings. The van der Waals surface area contributed by atoms with Gasteiger partial charge in [-0.2, -0.15) is 0 Å². The van der Waals surface area contributed by atoms with Gasteiger partial charge < -0.3 is 74.4 Å². The van der Waals surface area contributed by atoms with Crippen LogP contribution in [0.5, 0.6) is 0 Å². The van der Waals surface area contributed by atoms with E-state index in [1.54, 1.807) is 0 Å². The smallest absolute Gasteiger partial charge is 0.310 e. The third-order valence-electron chi connectivity index (χ3n) is 18.7. The third-order valence-corrected chi connectivity index (χ3v) is 18.7. The second-order valence-electron chi connectivity index (χ2n) is 22.4. The minimum absolute atomic E-state index is 0.00634. The van der Waals surface area contributed by atoms with E-state index in [0.717, 1.165) is 44.9 Å². The average Bonchev–Trinajstić information content (AvgIpc) is 3.49. The molecule has 3 aliphatic heterocycles. The molecule has 16 heteroatoms. The molecule has 0 unspecified atom stereocenters. The van der Waals surface area contributed by atoms with Crippen LogP contribution in [0.1, 0.15) is 113 Å². The Labute approximate surface area is 364 Å². The van der Waals surface area contributed by atoms with Gasteiger partial charge in [-0.3, -0.25) is 4.79 Å². The van der Waals surface area contributed by atoms with Crippen LogP contribution < -0.4 is 0 Å². The van der Waals surface area contributed by atoms with Gasteiger partial charge in [0.05, 0.1) is 37.4 Å². The maximum absolute atomic E-state index is 13.1. The van der Waals surface area contributed by atoms with Crippen LogP contribution in [0.3, 0.4) is 0 Å². The largest absolute Gasteiger partial charge is 0.481 e. The van der Waals surface area contributed by atoms with Gasteiger partial charge in [0, 0.05) is 5.41 Å². The highest BCUT2D eigenvalue weighted by Crippen LogP contribution is 2.76. The van der Waals surface area contributed by atoms with Crippen molar-refractivity contribution in [3.63, 3.8) is 0 Å². The lowest BCUT2D eigenvalue weighted by molar-refractivity contribution is -0.374. The molecule has 0 spiro atoms. The van der Waals surface area contributed by atoms with Gasteiger partial charge in [0.15, 0.2) is 18.9 Å². The number of aliphatic hydroxyl groups is 8. The number of rotatable bonds is 9. The molecule has 5 aliphatic carbocycles. The number of allylic oxidation sites excluding steroid dienone is 2. The predicted molar refractivity (Wildman–Crippen MR) is 219 cm³/mol. The van der Waals surface area contributed by atoms with Crippen LogP contribution in [-0.4, -0.2) is 158 Å². The Balaban J connectivity index is 1.02. The predicted octanol–water partition coefficient (Wildman–Crippen LogP) is 1.98. The highest BCUT2D eigenvalue weighted by atomic mass is 16.8. The fraction of sp³-hybridized carbons (Fsp3) is 0.935. The van der Waals surface area contributed by atoms with Crippen molar-refractivity contribution in [2.75, 3.05) is 19.8 Å². The van der Waals surface area contributed by atoms with Crippen molar-refractivity contribution in [3.05, 3.63) is 11.6 Å². The van der Waals surface area contributed by atoms with Crippen LogP contribution in [0, 0.1) is 50.2 Å². The Hall–Kier alpha value is -1.35. The summed E-state index contributed by atoms with van der Waals surface area (Å²) >= 11 is 0. The lowest BCUT2D eigenvalue weighted by Crippen LogP contribution is -2.67. The zero-order valence-electron chi connectivity index (χ0n) is 37.5. The maximum Gasteiger partial charge on any atom is 0.310 e. The summed E-state index contributed by atoms with van der Waals surface area (Å²) < 4.78 is 36.1. The standard InChI is InChI=1S/C46H74O16/c1-22-30(50)35(61-37-33(53)32(52)26(19-47)59-37)34(54)38(58-22)62-36-31(51)25(49)20-57-39(36)60-29-11-12-42(4)27(43(29,5)21-48)10-13-45(7)28(42)9-8-23-24-18-41(2,3)14-16-46(24,40(55)56)17-15-44(23,45)6/h8,22,24-39,47-54H,9-21H2,1-7H3,(H,55,56)/t22-,24-,25-,26+,27+,28-,29-,30-,31-,32-,33+,34+,35+,36+,37-,38-,39-,42-,43-,44+,45+,46-/m0/s1. The van der Waals surface area contributed by atoms with E-state index in [0.29, 0.717) is 19.3 Å². The molecule has 0 amide bonds. The summed E-state index contributed by atoms with van der Waals surface area (Å²) in [6, 6.07) is 0. The van der Waals surface area contributed by atoms with Gasteiger partial charge >= 0.3 is 5.97 Å². The summed E-state index contributed by atoms with van der Waals surface area (Å²) in [6.45, 7) is 14.3. The normalized spacial score (nSPS) is 55.0. The van der Waals surface area contributed by atoms with Crippen molar-refractivity contribution >= 4 is 5.97 Å². The Bertz CT molecular complexity index is 1690. The molecule has 3 saturated heterocycles. The number of fused-ring (bicyclic) bond motifs is 7. The molecular weight excluding hydrogens is 808 g/mol. The molecule has 7 fully saturated rings. The van der Waals surface area contributed by atoms with E-state index in [1.807, 2.05) is 0 Å². The molecule has 62 heavy (non-hydrogen) atoms. The molecular formula is C46H74O16. The van der Waals surface area contributed by atoms with E-state index < -0.39 is 109 Å². The monoisotopic (exact) mass is 882 g/mol. The number of hydrogen-bond acceptors (Lipinski definition) is 15. The van der Waals surface area contributed by atoms with E-state index in [2.05, 4.69) is 47.6 Å². The molecule has 9 N–H and O–H groups in total. The molecule has 354 valence electrons. The van der Waals surface area contributed by atoms with Crippen molar-refractivity contribution in [2.24, 2.45) is 50.2 Å². The van der Waals surface area contributed by atoms with Crippen molar-refractivity contribution in [3.8, 4) is 0 Å². The number of hydrogen-bond donors (Lipinski definition) is 9. The number of carboxylic acids is 1. The second kappa shape index (κ2) is 16.5. The average molecular weight is 883 g/mol. The van der Waals surface area contributed by atoms with Gasteiger partial charge in [0.1, 0.15) is 54.9 Å². The van der Waals surface area contributed by atoms with Crippen molar-refractivity contribution in [1.29, 1.82) is 0 Å². The number of carbonyl (C=O) groups is 1. The van der Waals surface area contributed by atoms with Gasteiger partial charge in [0.2, 0.25) is 0 Å².